The van der Waals surface area contributed by atoms with Crippen LogP contribution in [0.4, 0.5) is 0 Å². The Morgan fingerprint density at radius 3 is 2.59 bits per heavy atom. The van der Waals surface area contributed by atoms with Gasteiger partial charge in [0, 0.05) is 12.1 Å². The van der Waals surface area contributed by atoms with Gasteiger partial charge in [0.1, 0.15) is 17.6 Å². The van der Waals surface area contributed by atoms with Gasteiger partial charge >= 0.3 is 0 Å². The molecule has 3 N–H and O–H groups in total. The maximum Gasteiger partial charge on any atom is 0.137 e. The van der Waals surface area contributed by atoms with Gasteiger partial charge in [0.15, 0.2) is 0 Å². The Kier molecular flexibility index (Phi) is 5.80. The van der Waals surface area contributed by atoms with E-state index in [1.807, 2.05) is 32.0 Å². The zero-order chi connectivity index (χ0) is 12.7. The van der Waals surface area contributed by atoms with Crippen molar-refractivity contribution >= 4 is 0 Å². The molecule has 1 rings (SSSR count). The van der Waals surface area contributed by atoms with Gasteiger partial charge in [-0.15, -0.1) is 0 Å². The lowest BCUT2D eigenvalue weighted by atomic mass is 10.1. The Morgan fingerprint density at radius 2 is 2.00 bits per heavy atom. The van der Waals surface area contributed by atoms with Gasteiger partial charge in [-0.05, 0) is 25.5 Å². The minimum atomic E-state index is -0.378. The quantitative estimate of drug-likeness (QED) is 0.758. The minimum Gasteiger partial charge on any atom is -0.494 e. The summed E-state index contributed by atoms with van der Waals surface area (Å²) in [4.78, 5) is 0. The maximum absolute atomic E-state index is 9.23. The number of nitrogens with two attached hydrogens (primary N) is 1. The van der Waals surface area contributed by atoms with E-state index in [1.165, 1.54) is 0 Å². The second-order valence-corrected chi connectivity index (χ2v) is 3.82. The molecule has 4 heteroatoms. The number of hydrogen-bond donors (Lipinski definition) is 2. The van der Waals surface area contributed by atoms with Crippen LogP contribution < -0.4 is 15.2 Å². The average molecular weight is 239 g/mol. The number of ether oxygens (including phenoxy) is 2. The molecule has 17 heavy (non-hydrogen) atoms. The van der Waals surface area contributed by atoms with E-state index in [-0.39, 0.29) is 18.8 Å². The molecule has 0 aromatic heterocycles. The molecule has 0 aliphatic carbocycles. The van der Waals surface area contributed by atoms with Crippen LogP contribution in [-0.4, -0.2) is 30.5 Å². The summed E-state index contributed by atoms with van der Waals surface area (Å²) in [6.07, 6.45) is 0.382. The molecule has 96 valence electrons. The summed E-state index contributed by atoms with van der Waals surface area (Å²) in [6, 6.07) is 7.18. The van der Waals surface area contributed by atoms with Crippen molar-refractivity contribution in [2.24, 2.45) is 5.73 Å². The molecule has 2 unspecified atom stereocenters. The Hall–Kier alpha value is -1.26. The van der Waals surface area contributed by atoms with Gasteiger partial charge in [0.2, 0.25) is 0 Å². The first-order valence-corrected chi connectivity index (χ1v) is 5.97. The molecule has 0 saturated heterocycles. The second kappa shape index (κ2) is 7.14. The lowest BCUT2D eigenvalue weighted by Crippen LogP contribution is -2.41. The normalized spacial score (nSPS) is 14.1. The first-order chi connectivity index (χ1) is 8.21. The van der Waals surface area contributed by atoms with Crippen molar-refractivity contribution < 1.29 is 14.6 Å². The van der Waals surface area contributed by atoms with Crippen LogP contribution in [-0.2, 0) is 0 Å². The van der Waals surface area contributed by atoms with Crippen LogP contribution in [0.2, 0.25) is 0 Å². The van der Waals surface area contributed by atoms with Crippen LogP contribution in [0, 0.1) is 0 Å². The Balaban J connectivity index is 2.68. The van der Waals surface area contributed by atoms with E-state index in [0.717, 1.165) is 12.2 Å². The third-order valence-electron chi connectivity index (χ3n) is 2.53. The van der Waals surface area contributed by atoms with E-state index in [1.54, 1.807) is 6.07 Å². The molecule has 0 aliphatic rings. The first-order valence-electron chi connectivity index (χ1n) is 5.97. The molecule has 0 amide bonds. The summed E-state index contributed by atoms with van der Waals surface area (Å²) in [5.74, 6) is 1.42. The topological polar surface area (TPSA) is 64.7 Å². The highest BCUT2D eigenvalue weighted by molar-refractivity contribution is 5.33. The van der Waals surface area contributed by atoms with Crippen molar-refractivity contribution in [3.05, 3.63) is 24.3 Å². The van der Waals surface area contributed by atoms with Crippen molar-refractivity contribution in [1.29, 1.82) is 0 Å². The van der Waals surface area contributed by atoms with Gasteiger partial charge < -0.3 is 20.3 Å². The summed E-state index contributed by atoms with van der Waals surface area (Å²) < 4.78 is 11.0. The third-order valence-corrected chi connectivity index (χ3v) is 2.53. The van der Waals surface area contributed by atoms with E-state index in [9.17, 15) is 5.11 Å². The van der Waals surface area contributed by atoms with Crippen LogP contribution in [0.5, 0.6) is 11.5 Å². The molecule has 2 atom stereocenters. The summed E-state index contributed by atoms with van der Waals surface area (Å²) in [5, 5.41) is 9.23. The number of aliphatic hydroxyl groups is 1. The Labute approximate surface area is 102 Å². The molecule has 0 spiro atoms. The smallest absolute Gasteiger partial charge is 0.137 e. The molecule has 0 heterocycles. The maximum atomic E-state index is 9.23. The van der Waals surface area contributed by atoms with Gasteiger partial charge in [0.05, 0.1) is 13.2 Å². The van der Waals surface area contributed by atoms with E-state index in [4.69, 9.17) is 15.2 Å². The molecule has 4 nitrogen and oxygen atoms in total. The second-order valence-electron chi connectivity index (χ2n) is 3.82. The first kappa shape index (κ1) is 13.8. The number of aliphatic hydroxyl groups excluding tert-OH is 1. The fraction of sp³-hybridized carbons (Fsp3) is 0.538. The van der Waals surface area contributed by atoms with Crippen LogP contribution in [0.1, 0.15) is 20.3 Å². The van der Waals surface area contributed by atoms with E-state index >= 15 is 0 Å². The average Bonchev–Trinajstić information content (AvgIpc) is 2.36. The van der Waals surface area contributed by atoms with Crippen LogP contribution in [0.25, 0.3) is 0 Å². The number of rotatable bonds is 7. The van der Waals surface area contributed by atoms with Crippen molar-refractivity contribution in [1.82, 2.24) is 0 Å². The van der Waals surface area contributed by atoms with E-state index in [2.05, 4.69) is 0 Å². The molecular formula is C13H21NO3. The fourth-order valence-electron chi connectivity index (χ4n) is 1.50. The molecule has 0 radical (unpaired) electrons. The van der Waals surface area contributed by atoms with Gasteiger partial charge in [-0.1, -0.05) is 13.0 Å². The molecule has 0 fully saturated rings. The Bertz CT molecular complexity index is 330. The van der Waals surface area contributed by atoms with Gasteiger partial charge in [-0.2, -0.15) is 0 Å². The largest absolute Gasteiger partial charge is 0.494 e. The molecule has 0 saturated carbocycles. The van der Waals surface area contributed by atoms with Crippen LogP contribution in [0.15, 0.2) is 24.3 Å². The molecule has 1 aromatic rings. The highest BCUT2D eigenvalue weighted by Gasteiger charge is 2.17. The Morgan fingerprint density at radius 1 is 1.29 bits per heavy atom. The lowest BCUT2D eigenvalue weighted by molar-refractivity contribution is 0.0930. The van der Waals surface area contributed by atoms with Crippen molar-refractivity contribution in [3.63, 3.8) is 0 Å². The van der Waals surface area contributed by atoms with Crippen molar-refractivity contribution in [3.8, 4) is 11.5 Å². The highest BCUT2D eigenvalue weighted by Crippen LogP contribution is 2.21. The van der Waals surface area contributed by atoms with E-state index in [0.29, 0.717) is 12.4 Å². The zero-order valence-corrected chi connectivity index (χ0v) is 10.4. The predicted octanol–water partition coefficient (Wildman–Crippen LogP) is 1.56. The van der Waals surface area contributed by atoms with Gasteiger partial charge in [0.25, 0.3) is 0 Å². The number of hydrogen-bond acceptors (Lipinski definition) is 4. The van der Waals surface area contributed by atoms with Crippen LogP contribution in [0.3, 0.4) is 0 Å². The number of benzene rings is 1. The zero-order valence-electron chi connectivity index (χ0n) is 10.4. The summed E-state index contributed by atoms with van der Waals surface area (Å²) in [7, 11) is 0. The molecular weight excluding hydrogens is 218 g/mol. The van der Waals surface area contributed by atoms with Gasteiger partial charge in [-0.25, -0.2) is 0 Å². The van der Waals surface area contributed by atoms with Crippen LogP contribution >= 0.6 is 0 Å². The van der Waals surface area contributed by atoms with Gasteiger partial charge in [-0.3, -0.25) is 0 Å². The standard InChI is InChI=1S/C13H21NO3/c1-3-12(14)13(9-15)17-11-7-5-6-10(8-11)16-4-2/h5-8,12-13,15H,3-4,9,14H2,1-2H3. The SMILES string of the molecule is CCOc1cccc(OC(CO)C(N)CC)c1. The third kappa shape index (κ3) is 4.24. The van der Waals surface area contributed by atoms with Crippen molar-refractivity contribution in [2.75, 3.05) is 13.2 Å². The minimum absolute atomic E-state index is 0.0894. The fourth-order valence-corrected chi connectivity index (χ4v) is 1.50. The summed E-state index contributed by atoms with van der Waals surface area (Å²) >= 11 is 0. The highest BCUT2D eigenvalue weighted by atomic mass is 16.5. The van der Waals surface area contributed by atoms with Crippen molar-refractivity contribution in [2.45, 2.75) is 32.4 Å². The summed E-state index contributed by atoms with van der Waals surface area (Å²) in [5.41, 5.74) is 5.86. The lowest BCUT2D eigenvalue weighted by Gasteiger charge is -2.22. The molecule has 0 bridgehead atoms. The molecule has 1 aromatic carbocycles. The summed E-state index contributed by atoms with van der Waals surface area (Å²) in [6.45, 7) is 4.42. The molecule has 0 aliphatic heterocycles. The monoisotopic (exact) mass is 239 g/mol. The van der Waals surface area contributed by atoms with E-state index < -0.39 is 0 Å². The predicted molar refractivity (Wildman–Crippen MR) is 67.4 cm³/mol.